The van der Waals surface area contributed by atoms with Crippen LogP contribution in [0.3, 0.4) is 0 Å². The molecule has 0 spiro atoms. The Morgan fingerprint density at radius 3 is 2.19 bits per heavy atom. The van der Waals surface area contributed by atoms with E-state index in [9.17, 15) is 4.79 Å². The minimum atomic E-state index is -2.40. The van der Waals surface area contributed by atoms with Crippen molar-refractivity contribution >= 4 is 28.2 Å². The van der Waals surface area contributed by atoms with Crippen LogP contribution < -0.4 is 5.69 Å². The number of hydrogen-bond acceptors (Lipinski definition) is 5. The van der Waals surface area contributed by atoms with Gasteiger partial charge in [-0.3, -0.25) is 4.57 Å². The lowest BCUT2D eigenvalue weighted by molar-refractivity contribution is -0.110. The lowest BCUT2D eigenvalue weighted by atomic mass is 9.99. The smallest absolute Gasteiger partial charge is 0.349 e. The number of ether oxygens (including phenoxy) is 1. The molecular formula is C22H40ClFN2O4Si2. The average molecular weight is 507 g/mol. The molecule has 184 valence electrons. The first-order valence-corrected chi connectivity index (χ1v) is 17.5. The van der Waals surface area contributed by atoms with Crippen LogP contribution in [0.5, 0.6) is 0 Å². The van der Waals surface area contributed by atoms with Gasteiger partial charge < -0.3 is 13.6 Å². The molecule has 2 rings (SSSR count). The van der Waals surface area contributed by atoms with Crippen molar-refractivity contribution in [1.29, 1.82) is 0 Å². The molecule has 0 saturated carbocycles. The first kappa shape index (κ1) is 27.7. The van der Waals surface area contributed by atoms with Crippen molar-refractivity contribution in [2.75, 3.05) is 12.5 Å². The predicted molar refractivity (Wildman–Crippen MR) is 132 cm³/mol. The Bertz CT molecular complexity index is 853. The third-order valence-corrected chi connectivity index (χ3v) is 16.8. The van der Waals surface area contributed by atoms with Crippen LogP contribution in [0.1, 0.15) is 47.8 Å². The Balaban J connectivity index is 2.51. The van der Waals surface area contributed by atoms with Crippen molar-refractivity contribution in [3.63, 3.8) is 0 Å². The van der Waals surface area contributed by atoms with Crippen LogP contribution >= 0.6 is 11.6 Å². The zero-order valence-corrected chi connectivity index (χ0v) is 23.9. The molecule has 0 bridgehead atoms. The minimum Gasteiger partial charge on any atom is -0.414 e. The van der Waals surface area contributed by atoms with Crippen molar-refractivity contribution in [1.82, 2.24) is 9.55 Å². The van der Waals surface area contributed by atoms with Crippen LogP contribution in [0.2, 0.25) is 36.3 Å². The highest BCUT2D eigenvalue weighted by atomic mass is 35.5. The van der Waals surface area contributed by atoms with Gasteiger partial charge in [0, 0.05) is 12.4 Å². The number of halogens is 2. The van der Waals surface area contributed by atoms with E-state index in [0.29, 0.717) is 0 Å². The van der Waals surface area contributed by atoms with Crippen LogP contribution in [0.15, 0.2) is 23.3 Å². The summed E-state index contributed by atoms with van der Waals surface area (Å²) in [6.07, 6.45) is -0.905. The van der Waals surface area contributed by atoms with Gasteiger partial charge in [0.1, 0.15) is 11.7 Å². The molecule has 32 heavy (non-hydrogen) atoms. The fourth-order valence-electron chi connectivity index (χ4n) is 3.03. The molecule has 2 heterocycles. The fourth-order valence-corrected chi connectivity index (χ4v) is 5.70. The van der Waals surface area contributed by atoms with Crippen molar-refractivity contribution in [2.24, 2.45) is 0 Å². The van der Waals surface area contributed by atoms with Crippen LogP contribution in [0.4, 0.5) is 4.39 Å². The van der Waals surface area contributed by atoms with Gasteiger partial charge in [0.05, 0.1) is 12.5 Å². The summed E-state index contributed by atoms with van der Waals surface area (Å²) >= 11 is 6.48. The molecule has 1 aromatic heterocycles. The lowest BCUT2D eigenvalue weighted by Gasteiger charge is -2.44. The Labute approximate surface area is 199 Å². The third-order valence-electron chi connectivity index (χ3n) is 7.39. The molecule has 1 aromatic rings. The standard InChI is InChI=1S/C22H40ClFN2O4Si2/c1-20(2,3)31(7,8)28-15-22(14-23)17(30-32(9,10)21(4,5)6)16(24)18(29-22)26-13-11-12-25-19(26)27/h11-13,16-18H,14-15H2,1-10H3/t16-,17-,18+,22+/m0/s1. The zero-order valence-electron chi connectivity index (χ0n) is 21.2. The van der Waals surface area contributed by atoms with Gasteiger partial charge in [0.15, 0.2) is 29.0 Å². The Hall–Kier alpha value is -0.586. The molecule has 6 nitrogen and oxygen atoms in total. The summed E-state index contributed by atoms with van der Waals surface area (Å²) in [5.74, 6) is -0.0210. The van der Waals surface area contributed by atoms with Crippen LogP contribution in [0, 0.1) is 0 Å². The van der Waals surface area contributed by atoms with E-state index in [0.717, 1.165) is 0 Å². The minimum absolute atomic E-state index is 0.0210. The molecule has 0 aromatic carbocycles. The molecule has 0 N–H and O–H groups in total. The van der Waals surface area contributed by atoms with Crippen molar-refractivity contribution < 1.29 is 18.0 Å². The predicted octanol–water partition coefficient (Wildman–Crippen LogP) is 5.50. The van der Waals surface area contributed by atoms with E-state index in [2.05, 4.69) is 72.7 Å². The first-order chi connectivity index (χ1) is 14.4. The largest absolute Gasteiger partial charge is 0.414 e. The third kappa shape index (κ3) is 5.38. The maximum atomic E-state index is 16.1. The fraction of sp³-hybridized carbons (Fsp3) is 0.818. The van der Waals surface area contributed by atoms with E-state index >= 15 is 4.39 Å². The average Bonchev–Trinajstić information content (AvgIpc) is 2.91. The number of alkyl halides is 2. The summed E-state index contributed by atoms with van der Waals surface area (Å²) in [5, 5.41) is -0.183. The maximum Gasteiger partial charge on any atom is 0.349 e. The summed E-state index contributed by atoms with van der Waals surface area (Å²) < 4.78 is 36.5. The molecule has 0 aliphatic carbocycles. The summed E-state index contributed by atoms with van der Waals surface area (Å²) in [5.41, 5.74) is -1.81. The van der Waals surface area contributed by atoms with Crippen LogP contribution in [-0.2, 0) is 13.6 Å². The molecule has 0 radical (unpaired) electrons. The summed E-state index contributed by atoms with van der Waals surface area (Å²) in [6.45, 7) is 21.2. The van der Waals surface area contributed by atoms with Crippen molar-refractivity contribution in [3.8, 4) is 0 Å². The molecule has 1 aliphatic rings. The van der Waals surface area contributed by atoms with Crippen molar-refractivity contribution in [2.45, 2.75) is 102 Å². The van der Waals surface area contributed by atoms with Gasteiger partial charge in [0.25, 0.3) is 0 Å². The molecular weight excluding hydrogens is 467 g/mol. The Morgan fingerprint density at radius 2 is 1.72 bits per heavy atom. The van der Waals surface area contributed by atoms with Gasteiger partial charge >= 0.3 is 5.69 Å². The second kappa shape index (κ2) is 9.22. The summed E-state index contributed by atoms with van der Waals surface area (Å²) in [4.78, 5) is 16.1. The highest BCUT2D eigenvalue weighted by Crippen LogP contribution is 2.47. The van der Waals surface area contributed by atoms with E-state index < -0.39 is 46.4 Å². The quantitative estimate of drug-likeness (QED) is 0.361. The number of aromatic nitrogens is 2. The highest BCUT2D eigenvalue weighted by molar-refractivity contribution is 6.74. The van der Waals surface area contributed by atoms with Crippen LogP contribution in [-0.4, -0.2) is 56.5 Å². The number of hydrogen-bond donors (Lipinski definition) is 0. The van der Waals surface area contributed by atoms with Gasteiger partial charge in [0.2, 0.25) is 0 Å². The Kier molecular flexibility index (Phi) is 7.97. The lowest BCUT2D eigenvalue weighted by Crippen LogP contribution is -2.57. The monoisotopic (exact) mass is 506 g/mol. The first-order valence-electron chi connectivity index (χ1n) is 11.1. The summed E-state index contributed by atoms with van der Waals surface area (Å²) in [7, 11) is -4.58. The number of rotatable bonds is 7. The second-order valence-corrected chi connectivity index (χ2v) is 21.6. The van der Waals surface area contributed by atoms with Gasteiger partial charge in [-0.1, -0.05) is 41.5 Å². The molecule has 1 saturated heterocycles. The van der Waals surface area contributed by atoms with E-state index in [1.807, 2.05) is 0 Å². The number of nitrogens with zero attached hydrogens (tertiary/aromatic N) is 2. The van der Waals surface area contributed by atoms with E-state index in [-0.39, 0.29) is 22.6 Å². The van der Waals surface area contributed by atoms with E-state index in [1.165, 1.54) is 17.0 Å². The van der Waals surface area contributed by atoms with Gasteiger partial charge in [-0.05, 0) is 42.3 Å². The zero-order chi connectivity index (χ0) is 24.8. The molecule has 10 heteroatoms. The molecule has 0 unspecified atom stereocenters. The maximum absolute atomic E-state index is 16.1. The van der Waals surface area contributed by atoms with Crippen LogP contribution in [0.25, 0.3) is 0 Å². The SMILES string of the molecule is CC(C)(C)[Si](C)(C)OC[C@@]1(CCl)O[C@@H](n2cccnc2=O)[C@@H](F)[C@@H]1O[Si](C)(C)C(C)(C)C. The van der Waals surface area contributed by atoms with E-state index in [4.69, 9.17) is 25.2 Å². The highest BCUT2D eigenvalue weighted by Gasteiger charge is 2.60. The van der Waals surface area contributed by atoms with Gasteiger partial charge in [-0.15, -0.1) is 11.6 Å². The van der Waals surface area contributed by atoms with Crippen molar-refractivity contribution in [3.05, 3.63) is 28.9 Å². The normalized spacial score (nSPS) is 27.7. The summed E-state index contributed by atoms with van der Waals surface area (Å²) in [6, 6.07) is 1.58. The molecule has 4 atom stereocenters. The van der Waals surface area contributed by atoms with Gasteiger partial charge in [-0.25, -0.2) is 14.2 Å². The topological polar surface area (TPSA) is 62.6 Å². The molecule has 1 aliphatic heterocycles. The molecule has 0 amide bonds. The second-order valence-electron chi connectivity index (χ2n) is 11.8. The van der Waals surface area contributed by atoms with Gasteiger partial charge in [-0.2, -0.15) is 0 Å². The van der Waals surface area contributed by atoms with E-state index in [1.54, 1.807) is 6.07 Å². The Morgan fingerprint density at radius 1 is 1.16 bits per heavy atom. The molecule has 1 fully saturated rings.